The van der Waals surface area contributed by atoms with Crippen LogP contribution in [0.2, 0.25) is 0 Å². The van der Waals surface area contributed by atoms with E-state index in [0.29, 0.717) is 34.2 Å². The van der Waals surface area contributed by atoms with E-state index in [1.807, 2.05) is 0 Å². The number of hydrazine groups is 1. The number of hydrogen-bond acceptors (Lipinski definition) is 9. The van der Waals surface area contributed by atoms with Crippen molar-refractivity contribution in [1.82, 2.24) is 26.0 Å². The smallest absolute Gasteiger partial charge is 0.269 e. The summed E-state index contributed by atoms with van der Waals surface area (Å²) in [5, 5.41) is 8.51. The van der Waals surface area contributed by atoms with Crippen LogP contribution in [0.5, 0.6) is 5.75 Å². The summed E-state index contributed by atoms with van der Waals surface area (Å²) in [6, 6.07) is 13.4. The van der Waals surface area contributed by atoms with Gasteiger partial charge in [0.1, 0.15) is 11.4 Å². The Morgan fingerprint density at radius 2 is 1.62 bits per heavy atom. The van der Waals surface area contributed by atoms with Crippen molar-refractivity contribution in [3.63, 3.8) is 0 Å². The number of amides is 2. The lowest BCUT2D eigenvalue weighted by atomic mass is 10.2. The van der Waals surface area contributed by atoms with E-state index in [-0.39, 0.29) is 10.9 Å². The minimum atomic E-state index is -0.452. The number of furan rings is 2. The van der Waals surface area contributed by atoms with Gasteiger partial charge in [-0.1, -0.05) is 11.8 Å². The van der Waals surface area contributed by atoms with E-state index in [4.69, 9.17) is 13.6 Å². The third-order valence-electron chi connectivity index (χ3n) is 4.18. The van der Waals surface area contributed by atoms with Gasteiger partial charge < -0.3 is 13.6 Å². The molecular formula is C21H17N5O5S. The van der Waals surface area contributed by atoms with Gasteiger partial charge in [-0.05, 0) is 48.5 Å². The van der Waals surface area contributed by atoms with E-state index in [1.54, 1.807) is 48.5 Å². The molecule has 0 saturated carbocycles. The van der Waals surface area contributed by atoms with Crippen molar-refractivity contribution < 1.29 is 23.2 Å². The SMILES string of the molecule is COc1ccc(C(=O)NNC(=O)CSc2nnc(-c3ccco3)c(-c3ccco3)n2)cc1. The summed E-state index contributed by atoms with van der Waals surface area (Å²) in [4.78, 5) is 28.7. The van der Waals surface area contributed by atoms with Gasteiger partial charge in [0, 0.05) is 5.56 Å². The van der Waals surface area contributed by atoms with Crippen molar-refractivity contribution in [2.45, 2.75) is 5.16 Å². The Bertz CT molecular complexity index is 1190. The molecule has 4 aromatic rings. The first-order chi connectivity index (χ1) is 15.6. The van der Waals surface area contributed by atoms with E-state index in [0.717, 1.165) is 11.8 Å². The maximum atomic E-state index is 12.1. The van der Waals surface area contributed by atoms with Gasteiger partial charge in [-0.15, -0.1) is 10.2 Å². The van der Waals surface area contributed by atoms with Crippen LogP contribution in [0.15, 0.2) is 75.0 Å². The lowest BCUT2D eigenvalue weighted by molar-refractivity contribution is -0.119. The summed E-state index contributed by atoms with van der Waals surface area (Å²) in [5.74, 6) is 0.684. The molecule has 162 valence electrons. The minimum Gasteiger partial charge on any atom is -0.497 e. The van der Waals surface area contributed by atoms with E-state index in [1.165, 1.54) is 19.6 Å². The second-order valence-electron chi connectivity index (χ2n) is 6.27. The van der Waals surface area contributed by atoms with Crippen LogP contribution in [0.3, 0.4) is 0 Å². The molecule has 0 unspecified atom stereocenters. The standard InChI is InChI=1S/C21H17N5O5S/c1-29-14-8-6-13(7-9-14)20(28)25-23-17(27)12-32-21-22-18(15-4-2-10-30-15)19(24-26-21)16-5-3-11-31-16/h2-11H,12H2,1H3,(H,23,27)(H,25,28). The highest BCUT2D eigenvalue weighted by molar-refractivity contribution is 7.99. The molecule has 0 saturated heterocycles. The number of carbonyl (C=O) groups is 2. The molecule has 0 bridgehead atoms. The highest BCUT2D eigenvalue weighted by Gasteiger charge is 2.18. The van der Waals surface area contributed by atoms with Crippen molar-refractivity contribution in [2.24, 2.45) is 0 Å². The summed E-state index contributed by atoms with van der Waals surface area (Å²) in [6.07, 6.45) is 3.05. The number of aromatic nitrogens is 3. The van der Waals surface area contributed by atoms with Crippen LogP contribution < -0.4 is 15.6 Å². The number of nitrogens with one attached hydrogen (secondary N) is 2. The van der Waals surface area contributed by atoms with Crippen molar-refractivity contribution in [3.05, 3.63) is 66.6 Å². The third kappa shape index (κ3) is 4.95. The lowest BCUT2D eigenvalue weighted by Gasteiger charge is -2.08. The normalized spacial score (nSPS) is 10.5. The van der Waals surface area contributed by atoms with Crippen LogP contribution in [0, 0.1) is 0 Å². The van der Waals surface area contributed by atoms with Gasteiger partial charge in [-0.3, -0.25) is 20.4 Å². The second-order valence-corrected chi connectivity index (χ2v) is 7.21. The Labute approximate surface area is 186 Å². The van der Waals surface area contributed by atoms with Crippen LogP contribution in [0.4, 0.5) is 0 Å². The van der Waals surface area contributed by atoms with E-state index < -0.39 is 11.8 Å². The topological polar surface area (TPSA) is 132 Å². The Morgan fingerprint density at radius 3 is 2.25 bits per heavy atom. The van der Waals surface area contributed by atoms with E-state index in [9.17, 15) is 9.59 Å². The molecule has 1 aromatic carbocycles. The molecule has 2 amide bonds. The van der Waals surface area contributed by atoms with Gasteiger partial charge in [0.05, 0.1) is 25.4 Å². The molecule has 0 aliphatic carbocycles. The Hall–Kier alpha value is -4.12. The molecule has 0 fully saturated rings. The maximum absolute atomic E-state index is 12.1. The number of nitrogens with zero attached hydrogens (tertiary/aromatic N) is 3. The summed E-state index contributed by atoms with van der Waals surface area (Å²) < 4.78 is 15.9. The fourth-order valence-corrected chi connectivity index (χ4v) is 3.23. The van der Waals surface area contributed by atoms with Gasteiger partial charge in [0.25, 0.3) is 5.91 Å². The van der Waals surface area contributed by atoms with Crippen LogP contribution in [0.25, 0.3) is 22.9 Å². The predicted octanol–water partition coefficient (Wildman–Crippen LogP) is 2.95. The molecule has 0 aliphatic heterocycles. The number of benzene rings is 1. The Kier molecular flexibility index (Phi) is 6.46. The first-order valence-corrected chi connectivity index (χ1v) is 10.3. The second kappa shape index (κ2) is 9.79. The summed E-state index contributed by atoms with van der Waals surface area (Å²) in [5.41, 5.74) is 5.95. The zero-order chi connectivity index (χ0) is 22.3. The number of thioether (sulfide) groups is 1. The molecule has 3 aromatic heterocycles. The monoisotopic (exact) mass is 451 g/mol. The Balaban J connectivity index is 1.37. The van der Waals surface area contributed by atoms with Gasteiger partial charge in [-0.25, -0.2) is 4.98 Å². The third-order valence-corrected chi connectivity index (χ3v) is 5.01. The number of rotatable bonds is 7. The minimum absolute atomic E-state index is 0.0394. The Morgan fingerprint density at radius 1 is 0.938 bits per heavy atom. The number of hydrogen-bond donors (Lipinski definition) is 2. The van der Waals surface area contributed by atoms with Crippen molar-refractivity contribution in [2.75, 3.05) is 12.9 Å². The van der Waals surface area contributed by atoms with Gasteiger partial charge >= 0.3 is 0 Å². The summed E-state index contributed by atoms with van der Waals surface area (Å²) >= 11 is 1.06. The quantitative estimate of drug-likeness (QED) is 0.321. The van der Waals surface area contributed by atoms with E-state index >= 15 is 0 Å². The van der Waals surface area contributed by atoms with Gasteiger partial charge in [-0.2, -0.15) is 0 Å². The zero-order valence-electron chi connectivity index (χ0n) is 16.8. The fraction of sp³-hybridized carbons (Fsp3) is 0.0952. The lowest BCUT2D eigenvalue weighted by Crippen LogP contribution is -2.42. The zero-order valence-corrected chi connectivity index (χ0v) is 17.6. The molecule has 4 rings (SSSR count). The first-order valence-electron chi connectivity index (χ1n) is 9.32. The predicted molar refractivity (Wildman–Crippen MR) is 115 cm³/mol. The van der Waals surface area contributed by atoms with Crippen LogP contribution in [-0.4, -0.2) is 39.9 Å². The molecule has 10 nitrogen and oxygen atoms in total. The molecule has 0 spiro atoms. The van der Waals surface area contributed by atoms with Crippen molar-refractivity contribution in [1.29, 1.82) is 0 Å². The number of ether oxygens (including phenoxy) is 1. The first kappa shape index (κ1) is 21.1. The molecule has 32 heavy (non-hydrogen) atoms. The van der Waals surface area contributed by atoms with Crippen LogP contribution in [0.1, 0.15) is 10.4 Å². The van der Waals surface area contributed by atoms with E-state index in [2.05, 4.69) is 26.0 Å². The maximum Gasteiger partial charge on any atom is 0.269 e. The average molecular weight is 451 g/mol. The highest BCUT2D eigenvalue weighted by Crippen LogP contribution is 2.30. The highest BCUT2D eigenvalue weighted by atomic mass is 32.2. The molecule has 3 heterocycles. The van der Waals surface area contributed by atoms with Gasteiger partial charge in [0.2, 0.25) is 11.1 Å². The number of carbonyl (C=O) groups excluding carboxylic acids is 2. The molecule has 0 radical (unpaired) electrons. The van der Waals surface area contributed by atoms with Gasteiger partial charge in [0.15, 0.2) is 17.2 Å². The summed E-state index contributed by atoms with van der Waals surface area (Å²) in [6.45, 7) is 0. The van der Waals surface area contributed by atoms with Crippen molar-refractivity contribution >= 4 is 23.6 Å². The molecule has 2 N–H and O–H groups in total. The summed E-state index contributed by atoms with van der Waals surface area (Å²) in [7, 11) is 1.54. The fourth-order valence-electron chi connectivity index (χ4n) is 2.64. The molecule has 0 atom stereocenters. The number of methoxy groups -OCH3 is 1. The van der Waals surface area contributed by atoms with Crippen molar-refractivity contribution in [3.8, 4) is 28.7 Å². The molecule has 0 aliphatic rings. The van der Waals surface area contributed by atoms with Crippen LogP contribution in [-0.2, 0) is 4.79 Å². The molecular weight excluding hydrogens is 434 g/mol. The van der Waals surface area contributed by atoms with Crippen LogP contribution >= 0.6 is 11.8 Å². The molecule has 11 heteroatoms. The average Bonchev–Trinajstić information content (AvgIpc) is 3.56. The largest absolute Gasteiger partial charge is 0.497 e.